The van der Waals surface area contributed by atoms with Crippen molar-refractivity contribution in [2.75, 3.05) is 16.1 Å². The second-order valence-corrected chi connectivity index (χ2v) is 6.66. The molecule has 0 aliphatic heterocycles. The summed E-state index contributed by atoms with van der Waals surface area (Å²) < 4.78 is 0. The lowest BCUT2D eigenvalue weighted by Crippen LogP contribution is -2.07. The Kier molecular flexibility index (Phi) is 6.31. The van der Waals surface area contributed by atoms with Gasteiger partial charge < -0.3 is 15.7 Å². The van der Waals surface area contributed by atoms with Crippen molar-refractivity contribution >= 4 is 41.1 Å². The van der Waals surface area contributed by atoms with Crippen LogP contribution in [0.25, 0.3) is 0 Å². The van der Waals surface area contributed by atoms with E-state index >= 15 is 0 Å². The highest BCUT2D eigenvalue weighted by atomic mass is 16.6. The first-order valence-corrected chi connectivity index (χ1v) is 9.73. The van der Waals surface area contributed by atoms with Crippen LogP contribution >= 0.6 is 0 Å². The monoisotopic (exact) mass is 442 g/mol. The molecular formula is C22H18N8O3. The molecule has 4 rings (SSSR count). The number of nitro benzene ring substituents is 1. The van der Waals surface area contributed by atoms with Gasteiger partial charge >= 0.3 is 0 Å². The van der Waals surface area contributed by atoms with Crippen molar-refractivity contribution in [2.24, 2.45) is 5.10 Å². The predicted molar refractivity (Wildman–Crippen MR) is 125 cm³/mol. The lowest BCUT2D eigenvalue weighted by Gasteiger charge is -2.10. The van der Waals surface area contributed by atoms with Crippen molar-refractivity contribution in [1.29, 1.82) is 0 Å². The largest absolute Gasteiger partial charge is 0.507 e. The van der Waals surface area contributed by atoms with E-state index in [1.807, 2.05) is 60.7 Å². The highest BCUT2D eigenvalue weighted by Crippen LogP contribution is 2.22. The standard InChI is InChI=1S/C22H18N8O3/c31-19-12-11-18(30(32)33)13-15(19)14-23-29-22-27-20(24-16-7-3-1-4-8-16)26-21(28-22)25-17-9-5-2-6-10-17/h1-14,31H,(H3,24,25,26,27,28,29). The molecule has 0 aliphatic carbocycles. The van der Waals surface area contributed by atoms with Gasteiger partial charge in [-0.05, 0) is 30.3 Å². The Bertz CT molecular complexity index is 1220. The SMILES string of the molecule is O=[N+]([O-])c1ccc(O)c(C=NNc2nc(Nc3ccccc3)nc(Nc3ccccc3)n2)c1. The molecule has 0 amide bonds. The van der Waals surface area contributed by atoms with Gasteiger partial charge in [0.25, 0.3) is 5.69 Å². The van der Waals surface area contributed by atoms with Gasteiger partial charge in [-0.3, -0.25) is 10.1 Å². The van der Waals surface area contributed by atoms with Gasteiger partial charge in [0.15, 0.2) is 0 Å². The predicted octanol–water partition coefficient (Wildman–Crippen LogP) is 4.42. The van der Waals surface area contributed by atoms with E-state index in [2.05, 4.69) is 36.1 Å². The van der Waals surface area contributed by atoms with Crippen LogP contribution in [0.15, 0.2) is 84.0 Å². The lowest BCUT2D eigenvalue weighted by atomic mass is 10.2. The molecule has 0 fully saturated rings. The van der Waals surface area contributed by atoms with Crippen molar-refractivity contribution in [1.82, 2.24) is 15.0 Å². The Labute approximate surface area is 188 Å². The van der Waals surface area contributed by atoms with Gasteiger partial charge in [-0.2, -0.15) is 20.1 Å². The number of rotatable bonds is 8. The number of nitrogens with one attached hydrogen (secondary N) is 3. The number of nitrogens with zero attached hydrogens (tertiary/aromatic N) is 5. The van der Waals surface area contributed by atoms with E-state index < -0.39 is 4.92 Å². The summed E-state index contributed by atoms with van der Waals surface area (Å²) in [5.74, 6) is 0.499. The van der Waals surface area contributed by atoms with Crippen molar-refractivity contribution < 1.29 is 10.0 Å². The number of hydrogen-bond acceptors (Lipinski definition) is 10. The fourth-order valence-corrected chi connectivity index (χ4v) is 2.76. The lowest BCUT2D eigenvalue weighted by molar-refractivity contribution is -0.384. The minimum Gasteiger partial charge on any atom is -0.507 e. The van der Waals surface area contributed by atoms with Crippen LogP contribution in [0.2, 0.25) is 0 Å². The summed E-state index contributed by atoms with van der Waals surface area (Å²) in [5.41, 5.74) is 4.23. The van der Waals surface area contributed by atoms with Crippen LogP contribution in [-0.2, 0) is 0 Å². The van der Waals surface area contributed by atoms with Gasteiger partial charge in [0.05, 0.1) is 11.1 Å². The molecule has 0 unspecified atom stereocenters. The van der Waals surface area contributed by atoms with E-state index in [0.717, 1.165) is 11.4 Å². The molecular weight excluding hydrogens is 424 g/mol. The smallest absolute Gasteiger partial charge is 0.270 e. The molecule has 0 bridgehead atoms. The van der Waals surface area contributed by atoms with Crippen LogP contribution < -0.4 is 16.1 Å². The first-order valence-electron chi connectivity index (χ1n) is 9.73. The van der Waals surface area contributed by atoms with Crippen LogP contribution in [0.1, 0.15) is 5.56 Å². The van der Waals surface area contributed by atoms with E-state index in [0.29, 0.717) is 0 Å². The van der Waals surface area contributed by atoms with Crippen LogP contribution in [0.3, 0.4) is 0 Å². The average molecular weight is 442 g/mol. The zero-order valence-electron chi connectivity index (χ0n) is 17.1. The van der Waals surface area contributed by atoms with Crippen molar-refractivity contribution in [3.8, 4) is 5.75 Å². The molecule has 1 aromatic heterocycles. The average Bonchev–Trinajstić information content (AvgIpc) is 2.81. The minimum absolute atomic E-state index is 0.114. The van der Waals surface area contributed by atoms with E-state index in [4.69, 9.17) is 0 Å². The van der Waals surface area contributed by atoms with Gasteiger partial charge in [-0.1, -0.05) is 36.4 Å². The van der Waals surface area contributed by atoms with E-state index in [-0.39, 0.29) is 34.8 Å². The third kappa shape index (κ3) is 5.76. The molecule has 4 N–H and O–H groups in total. The Morgan fingerprint density at radius 1 is 0.818 bits per heavy atom. The molecule has 3 aromatic carbocycles. The molecule has 33 heavy (non-hydrogen) atoms. The number of nitro groups is 1. The number of phenols is 1. The van der Waals surface area contributed by atoms with Crippen LogP contribution in [0.5, 0.6) is 5.75 Å². The van der Waals surface area contributed by atoms with Gasteiger partial charge in [0.2, 0.25) is 17.8 Å². The van der Waals surface area contributed by atoms with Gasteiger partial charge in [0.1, 0.15) is 5.75 Å². The molecule has 11 heteroatoms. The van der Waals surface area contributed by atoms with Gasteiger partial charge in [-0.15, -0.1) is 0 Å². The number of non-ortho nitro benzene ring substituents is 1. The first-order chi connectivity index (χ1) is 16.1. The molecule has 0 atom stereocenters. The number of hydrogen-bond donors (Lipinski definition) is 4. The Morgan fingerprint density at radius 2 is 1.36 bits per heavy atom. The molecule has 164 valence electrons. The molecule has 0 aliphatic rings. The highest BCUT2D eigenvalue weighted by Gasteiger charge is 2.10. The summed E-state index contributed by atoms with van der Waals surface area (Å²) in [6.45, 7) is 0. The summed E-state index contributed by atoms with van der Waals surface area (Å²) in [6, 6.07) is 22.4. The summed E-state index contributed by atoms with van der Waals surface area (Å²) in [6.07, 6.45) is 1.24. The van der Waals surface area contributed by atoms with Gasteiger partial charge in [0, 0.05) is 29.1 Å². The third-order valence-corrected chi connectivity index (χ3v) is 4.29. The van der Waals surface area contributed by atoms with E-state index in [1.54, 1.807) is 0 Å². The normalized spacial score (nSPS) is 10.7. The van der Waals surface area contributed by atoms with Crippen molar-refractivity contribution in [2.45, 2.75) is 0 Å². The topological polar surface area (TPSA) is 150 Å². The number of aromatic nitrogens is 3. The van der Waals surface area contributed by atoms with Crippen LogP contribution in [0.4, 0.5) is 34.9 Å². The number of hydrazone groups is 1. The fraction of sp³-hybridized carbons (Fsp3) is 0. The van der Waals surface area contributed by atoms with Gasteiger partial charge in [-0.25, -0.2) is 5.43 Å². The van der Waals surface area contributed by atoms with Crippen LogP contribution in [-0.4, -0.2) is 31.2 Å². The molecule has 0 spiro atoms. The number of benzene rings is 3. The molecule has 4 aromatic rings. The Balaban J connectivity index is 1.59. The van der Waals surface area contributed by atoms with Crippen molar-refractivity contribution in [3.63, 3.8) is 0 Å². The maximum atomic E-state index is 11.0. The summed E-state index contributed by atoms with van der Waals surface area (Å²) in [4.78, 5) is 23.4. The summed E-state index contributed by atoms with van der Waals surface area (Å²) >= 11 is 0. The van der Waals surface area contributed by atoms with E-state index in [9.17, 15) is 15.2 Å². The number of para-hydroxylation sites is 2. The van der Waals surface area contributed by atoms with E-state index in [1.165, 1.54) is 24.4 Å². The molecule has 0 saturated carbocycles. The molecule has 1 heterocycles. The molecule has 0 radical (unpaired) electrons. The summed E-state index contributed by atoms with van der Waals surface area (Å²) in [7, 11) is 0. The first kappa shape index (κ1) is 21.2. The quantitative estimate of drug-likeness (QED) is 0.177. The number of anilines is 5. The number of aromatic hydroxyl groups is 1. The fourth-order valence-electron chi connectivity index (χ4n) is 2.76. The van der Waals surface area contributed by atoms with Crippen molar-refractivity contribution in [3.05, 3.63) is 94.5 Å². The molecule has 0 saturated heterocycles. The maximum absolute atomic E-state index is 11.0. The second-order valence-electron chi connectivity index (χ2n) is 6.66. The van der Waals surface area contributed by atoms with Crippen LogP contribution in [0, 0.1) is 10.1 Å². The zero-order chi connectivity index (χ0) is 23.0. The highest BCUT2D eigenvalue weighted by molar-refractivity contribution is 5.84. The Morgan fingerprint density at radius 3 is 1.91 bits per heavy atom. The Hall–Kier alpha value is -5.06. The number of phenolic OH excluding ortho intramolecular Hbond substituents is 1. The molecule has 11 nitrogen and oxygen atoms in total. The minimum atomic E-state index is -0.556. The summed E-state index contributed by atoms with van der Waals surface area (Å²) in [5, 5.41) is 31.1. The third-order valence-electron chi connectivity index (χ3n) is 4.29. The zero-order valence-corrected chi connectivity index (χ0v) is 17.1. The maximum Gasteiger partial charge on any atom is 0.270 e. The second kappa shape index (κ2) is 9.83.